The van der Waals surface area contributed by atoms with E-state index < -0.39 is 0 Å². The van der Waals surface area contributed by atoms with Gasteiger partial charge in [0.2, 0.25) is 0 Å². The van der Waals surface area contributed by atoms with Gasteiger partial charge in [0.05, 0.1) is 22.4 Å². The van der Waals surface area contributed by atoms with E-state index in [0.29, 0.717) is 0 Å². The summed E-state index contributed by atoms with van der Waals surface area (Å²) in [5.41, 5.74) is 15.3. The zero-order valence-electron chi connectivity index (χ0n) is 24.3. The first-order valence-electron chi connectivity index (χ1n) is 15.4. The Labute approximate surface area is 257 Å². The molecular formula is C42H30N2. The van der Waals surface area contributed by atoms with Crippen LogP contribution in [0.1, 0.15) is 11.1 Å². The molecule has 208 valence electrons. The molecule has 0 N–H and O–H groups in total. The van der Waals surface area contributed by atoms with Gasteiger partial charge in [0.25, 0.3) is 0 Å². The zero-order chi connectivity index (χ0) is 29.0. The van der Waals surface area contributed by atoms with Crippen LogP contribution in [0.2, 0.25) is 0 Å². The summed E-state index contributed by atoms with van der Waals surface area (Å²) in [7, 11) is 0. The van der Waals surface area contributed by atoms with Crippen molar-refractivity contribution < 1.29 is 0 Å². The van der Waals surface area contributed by atoms with E-state index in [0.717, 1.165) is 12.8 Å². The second kappa shape index (κ2) is 10.00. The Morgan fingerprint density at radius 1 is 0.341 bits per heavy atom. The molecule has 9 rings (SSSR count). The van der Waals surface area contributed by atoms with Crippen LogP contribution >= 0.6 is 0 Å². The number of rotatable bonds is 4. The monoisotopic (exact) mass is 562 g/mol. The number of benzene rings is 6. The van der Waals surface area contributed by atoms with Crippen LogP contribution in [0.4, 0.5) is 0 Å². The van der Waals surface area contributed by atoms with E-state index in [1.807, 2.05) is 0 Å². The van der Waals surface area contributed by atoms with Gasteiger partial charge in [0, 0.05) is 22.1 Å². The summed E-state index contributed by atoms with van der Waals surface area (Å²) < 4.78 is 5.04. The highest BCUT2D eigenvalue weighted by Gasteiger charge is 2.31. The van der Waals surface area contributed by atoms with Gasteiger partial charge in [-0.25, -0.2) is 0 Å². The van der Waals surface area contributed by atoms with Gasteiger partial charge in [-0.3, -0.25) is 0 Å². The minimum absolute atomic E-state index is 1.02. The van der Waals surface area contributed by atoms with Gasteiger partial charge in [0.1, 0.15) is 0 Å². The van der Waals surface area contributed by atoms with Gasteiger partial charge in [-0.15, -0.1) is 0 Å². The number of fused-ring (bicyclic) bond motifs is 7. The molecule has 6 aromatic carbocycles. The van der Waals surface area contributed by atoms with Gasteiger partial charge in [0.15, 0.2) is 0 Å². The molecular weight excluding hydrogens is 532 g/mol. The Balaban J connectivity index is 1.36. The highest BCUT2D eigenvalue weighted by Crippen LogP contribution is 2.47. The summed E-state index contributed by atoms with van der Waals surface area (Å²) in [6.45, 7) is 0. The number of hydrogen-bond donors (Lipinski definition) is 0. The van der Waals surface area contributed by atoms with Gasteiger partial charge >= 0.3 is 0 Å². The Bertz CT molecular complexity index is 2150. The van der Waals surface area contributed by atoms with Crippen LogP contribution in [-0.2, 0) is 12.8 Å². The summed E-state index contributed by atoms with van der Waals surface area (Å²) in [6.07, 6.45) is 2.04. The van der Waals surface area contributed by atoms with Crippen molar-refractivity contribution >= 4 is 21.8 Å². The van der Waals surface area contributed by atoms with Gasteiger partial charge in [-0.2, -0.15) is 0 Å². The summed E-state index contributed by atoms with van der Waals surface area (Å²) >= 11 is 0. The Kier molecular flexibility index (Phi) is 5.67. The van der Waals surface area contributed by atoms with Crippen molar-refractivity contribution in [1.82, 2.24) is 9.13 Å². The quantitative estimate of drug-likeness (QED) is 0.202. The van der Waals surface area contributed by atoms with E-state index in [9.17, 15) is 0 Å². The third kappa shape index (κ3) is 3.81. The van der Waals surface area contributed by atoms with Crippen molar-refractivity contribution in [2.75, 3.05) is 0 Å². The molecule has 1 aliphatic carbocycles. The van der Waals surface area contributed by atoms with Crippen LogP contribution in [0, 0.1) is 0 Å². The molecule has 0 bridgehead atoms. The van der Waals surface area contributed by atoms with Crippen LogP contribution in [0.3, 0.4) is 0 Å². The summed E-state index contributed by atoms with van der Waals surface area (Å²) in [4.78, 5) is 0. The summed E-state index contributed by atoms with van der Waals surface area (Å²) in [5.74, 6) is 0. The predicted octanol–water partition coefficient (Wildman–Crippen LogP) is 10.7. The molecule has 0 atom stereocenters. The second-order valence-corrected chi connectivity index (χ2v) is 11.7. The van der Waals surface area contributed by atoms with E-state index >= 15 is 0 Å². The minimum Gasteiger partial charge on any atom is -0.307 e. The fraction of sp³-hybridized carbons (Fsp3) is 0.0476. The first kappa shape index (κ1) is 24.9. The van der Waals surface area contributed by atoms with Crippen molar-refractivity contribution in [3.05, 3.63) is 169 Å². The first-order valence-corrected chi connectivity index (χ1v) is 15.4. The lowest BCUT2D eigenvalue weighted by molar-refractivity contribution is 0.921. The molecule has 8 aromatic rings. The number of aryl methyl sites for hydroxylation is 2. The fourth-order valence-corrected chi connectivity index (χ4v) is 7.31. The molecule has 0 aliphatic heterocycles. The van der Waals surface area contributed by atoms with Crippen molar-refractivity contribution in [3.63, 3.8) is 0 Å². The highest BCUT2D eigenvalue weighted by molar-refractivity contribution is 6.01. The van der Waals surface area contributed by atoms with Crippen LogP contribution in [0.5, 0.6) is 0 Å². The smallest absolute Gasteiger partial charge is 0.0744 e. The molecule has 0 saturated carbocycles. The third-order valence-electron chi connectivity index (χ3n) is 9.23. The zero-order valence-corrected chi connectivity index (χ0v) is 24.3. The van der Waals surface area contributed by atoms with Crippen molar-refractivity contribution in [2.45, 2.75) is 12.8 Å². The van der Waals surface area contributed by atoms with Gasteiger partial charge in [-0.05, 0) is 82.6 Å². The molecule has 0 saturated heterocycles. The maximum Gasteiger partial charge on any atom is 0.0744 e. The minimum atomic E-state index is 1.02. The van der Waals surface area contributed by atoms with E-state index in [2.05, 4.69) is 167 Å². The standard InChI is InChI=1S/C42H30N2/c1-3-13-29(14-4-1)31-17-11-19-33(27-31)43-39-23-9-7-21-35(39)37-25-26-38-36-22-8-10-24-40(36)44(42(38)41(37)43)34-20-12-18-32(28-34)30-15-5-2-6-16-30/h1-24,27-28H,25-26H2. The molecule has 2 aromatic heterocycles. The van der Waals surface area contributed by atoms with Crippen molar-refractivity contribution in [2.24, 2.45) is 0 Å². The predicted molar refractivity (Wildman–Crippen MR) is 184 cm³/mol. The average molecular weight is 563 g/mol. The molecule has 1 aliphatic rings. The number of para-hydroxylation sites is 2. The molecule has 44 heavy (non-hydrogen) atoms. The van der Waals surface area contributed by atoms with E-state index in [1.54, 1.807) is 0 Å². The Morgan fingerprint density at radius 2 is 0.727 bits per heavy atom. The molecule has 2 nitrogen and oxygen atoms in total. The molecule has 0 amide bonds. The van der Waals surface area contributed by atoms with E-state index in [1.165, 1.54) is 77.9 Å². The third-order valence-corrected chi connectivity index (χ3v) is 9.23. The van der Waals surface area contributed by atoms with Crippen LogP contribution in [0.25, 0.3) is 66.8 Å². The summed E-state index contributed by atoms with van der Waals surface area (Å²) in [6, 6.07) is 57.3. The number of nitrogens with zero attached hydrogens (tertiary/aromatic N) is 2. The molecule has 0 unspecified atom stereocenters. The first-order chi connectivity index (χ1) is 21.8. The Morgan fingerprint density at radius 3 is 1.18 bits per heavy atom. The lowest BCUT2D eigenvalue weighted by Crippen LogP contribution is -2.09. The second-order valence-electron chi connectivity index (χ2n) is 11.7. The van der Waals surface area contributed by atoms with Crippen molar-refractivity contribution in [3.8, 4) is 45.0 Å². The lowest BCUT2D eigenvalue weighted by atomic mass is 9.92. The average Bonchev–Trinajstić information content (AvgIpc) is 3.62. The SMILES string of the molecule is c1ccc(-c2cccc(-n3c4c(c5ccccc53)CCc3c-4n(-c4cccc(-c5ccccc5)c4)c4ccccc34)c2)cc1. The van der Waals surface area contributed by atoms with Gasteiger partial charge in [-0.1, -0.05) is 121 Å². The van der Waals surface area contributed by atoms with Crippen LogP contribution in [0.15, 0.2) is 158 Å². The molecule has 0 spiro atoms. The maximum absolute atomic E-state index is 2.52. The van der Waals surface area contributed by atoms with Crippen molar-refractivity contribution in [1.29, 1.82) is 0 Å². The van der Waals surface area contributed by atoms with Crippen LogP contribution < -0.4 is 0 Å². The lowest BCUT2D eigenvalue weighted by Gasteiger charge is -2.21. The maximum atomic E-state index is 2.52. The molecule has 0 fully saturated rings. The van der Waals surface area contributed by atoms with Gasteiger partial charge < -0.3 is 9.13 Å². The molecule has 0 radical (unpaired) electrons. The normalized spacial score (nSPS) is 12.4. The number of hydrogen-bond acceptors (Lipinski definition) is 0. The topological polar surface area (TPSA) is 9.86 Å². The van der Waals surface area contributed by atoms with E-state index in [-0.39, 0.29) is 0 Å². The van der Waals surface area contributed by atoms with E-state index in [4.69, 9.17) is 0 Å². The summed E-state index contributed by atoms with van der Waals surface area (Å²) in [5, 5.41) is 2.68. The molecule has 2 heteroatoms. The number of aromatic nitrogens is 2. The fourth-order valence-electron chi connectivity index (χ4n) is 7.31. The molecule has 2 heterocycles. The van der Waals surface area contributed by atoms with Crippen LogP contribution in [-0.4, -0.2) is 9.13 Å². The largest absolute Gasteiger partial charge is 0.307 e. The Hall–Kier alpha value is -5.60. The highest BCUT2D eigenvalue weighted by atomic mass is 15.1.